The van der Waals surface area contributed by atoms with Gasteiger partial charge in [0.1, 0.15) is 10.7 Å². The molecule has 1 amide bonds. The highest BCUT2D eigenvalue weighted by atomic mass is 32.1. The Labute approximate surface area is 119 Å². The third-order valence-electron chi connectivity index (χ3n) is 3.01. The first kappa shape index (κ1) is 12.7. The average Bonchev–Trinajstić information content (AvgIpc) is 2.99. The molecule has 0 fully saturated rings. The number of carbonyl (C=O) groups is 1. The molecule has 0 aliphatic rings. The number of aryl methyl sites for hydroxylation is 2. The normalized spacial score (nSPS) is 10.9. The lowest BCUT2D eigenvalue weighted by molar-refractivity contribution is 0.0953. The van der Waals surface area contributed by atoms with Crippen molar-refractivity contribution in [2.45, 2.75) is 20.4 Å². The van der Waals surface area contributed by atoms with E-state index >= 15 is 0 Å². The first-order valence-corrected chi connectivity index (χ1v) is 6.97. The van der Waals surface area contributed by atoms with Crippen LogP contribution in [0.1, 0.15) is 26.9 Å². The van der Waals surface area contributed by atoms with E-state index in [9.17, 15) is 4.79 Å². The van der Waals surface area contributed by atoms with Crippen LogP contribution < -0.4 is 5.32 Å². The van der Waals surface area contributed by atoms with Crippen molar-refractivity contribution in [3.8, 4) is 0 Å². The number of nitrogens with zero attached hydrogens (tertiary/aromatic N) is 4. The van der Waals surface area contributed by atoms with Crippen LogP contribution in [0.2, 0.25) is 0 Å². The Kier molecular flexibility index (Phi) is 3.19. The summed E-state index contributed by atoms with van der Waals surface area (Å²) in [6.07, 6.45) is 1.71. The molecule has 1 N–H and O–H groups in total. The molecule has 3 aromatic rings. The Morgan fingerprint density at radius 3 is 2.90 bits per heavy atom. The molecule has 0 saturated carbocycles. The van der Waals surface area contributed by atoms with E-state index in [0.717, 1.165) is 22.2 Å². The zero-order chi connectivity index (χ0) is 14.1. The van der Waals surface area contributed by atoms with Crippen LogP contribution in [0.25, 0.3) is 4.96 Å². The topological polar surface area (TPSA) is 72.2 Å². The Bertz CT molecular complexity index is 762. The maximum absolute atomic E-state index is 12.2. The summed E-state index contributed by atoms with van der Waals surface area (Å²) in [4.78, 5) is 17.8. The van der Waals surface area contributed by atoms with Crippen LogP contribution in [0.15, 0.2) is 24.4 Å². The Morgan fingerprint density at radius 2 is 2.20 bits per heavy atom. The summed E-state index contributed by atoms with van der Waals surface area (Å²) in [5, 5.41) is 10.9. The van der Waals surface area contributed by atoms with Crippen molar-refractivity contribution in [2.24, 2.45) is 0 Å². The first-order chi connectivity index (χ1) is 9.66. The van der Waals surface area contributed by atoms with Gasteiger partial charge in [-0.2, -0.15) is 0 Å². The van der Waals surface area contributed by atoms with E-state index in [1.54, 1.807) is 6.20 Å². The lowest BCUT2D eigenvalue weighted by atomic mass is 10.3. The molecule has 0 spiro atoms. The zero-order valence-corrected chi connectivity index (χ0v) is 11.9. The van der Waals surface area contributed by atoms with Crippen molar-refractivity contribution in [2.75, 3.05) is 0 Å². The number of amides is 1. The molecule has 0 radical (unpaired) electrons. The van der Waals surface area contributed by atoms with E-state index in [0.29, 0.717) is 11.4 Å². The fraction of sp³-hybridized carbons (Fsp3) is 0.231. The summed E-state index contributed by atoms with van der Waals surface area (Å²) >= 11 is 1.34. The van der Waals surface area contributed by atoms with E-state index in [1.165, 1.54) is 11.3 Å². The van der Waals surface area contributed by atoms with Crippen LogP contribution in [-0.4, -0.2) is 25.5 Å². The minimum atomic E-state index is -0.108. The van der Waals surface area contributed by atoms with Crippen LogP contribution in [0.5, 0.6) is 0 Å². The number of aromatic nitrogens is 4. The first-order valence-electron chi connectivity index (χ1n) is 6.16. The number of rotatable bonds is 3. The fourth-order valence-electron chi connectivity index (χ4n) is 2.03. The predicted molar refractivity (Wildman–Crippen MR) is 75.7 cm³/mol. The van der Waals surface area contributed by atoms with Crippen LogP contribution in [0.4, 0.5) is 0 Å². The molecular formula is C13H13N5OS. The molecule has 7 heteroatoms. The number of thiazole rings is 1. The second-order valence-electron chi connectivity index (χ2n) is 4.39. The van der Waals surface area contributed by atoms with Gasteiger partial charge in [0.15, 0.2) is 0 Å². The Balaban J connectivity index is 1.80. The smallest absolute Gasteiger partial charge is 0.263 e. The van der Waals surface area contributed by atoms with E-state index in [-0.39, 0.29) is 5.91 Å². The molecular weight excluding hydrogens is 274 g/mol. The van der Waals surface area contributed by atoms with Crippen LogP contribution in [0, 0.1) is 13.8 Å². The molecule has 3 heterocycles. The van der Waals surface area contributed by atoms with E-state index in [4.69, 9.17) is 0 Å². The van der Waals surface area contributed by atoms with Gasteiger partial charge < -0.3 is 5.32 Å². The number of nitrogens with one attached hydrogen (secondary N) is 1. The van der Waals surface area contributed by atoms with Gasteiger partial charge in [-0.1, -0.05) is 17.4 Å². The molecule has 0 atom stereocenters. The minimum Gasteiger partial charge on any atom is -0.346 e. The highest BCUT2D eigenvalue weighted by Crippen LogP contribution is 2.22. The molecule has 6 nitrogen and oxygen atoms in total. The number of pyridine rings is 1. The van der Waals surface area contributed by atoms with Gasteiger partial charge in [-0.15, -0.1) is 10.2 Å². The predicted octanol–water partition coefficient (Wildman–Crippen LogP) is 1.73. The second kappa shape index (κ2) is 5.01. The molecule has 0 aromatic carbocycles. The van der Waals surface area contributed by atoms with Crippen LogP contribution in [-0.2, 0) is 6.54 Å². The third kappa shape index (κ3) is 2.16. The maximum atomic E-state index is 12.2. The second-order valence-corrected chi connectivity index (χ2v) is 5.36. The standard InChI is InChI=1S/C13H13N5OS/c1-8-11(20-13-17-16-9(2)18(8)13)12(19)15-7-10-5-3-4-6-14-10/h3-6H,7H2,1-2H3,(H,15,19). The Morgan fingerprint density at radius 1 is 1.35 bits per heavy atom. The third-order valence-corrected chi connectivity index (χ3v) is 4.15. The Hall–Kier alpha value is -2.28. The fourth-order valence-corrected chi connectivity index (χ4v) is 3.05. The van der Waals surface area contributed by atoms with E-state index in [2.05, 4.69) is 20.5 Å². The van der Waals surface area contributed by atoms with Gasteiger partial charge in [0.25, 0.3) is 5.91 Å². The van der Waals surface area contributed by atoms with E-state index in [1.807, 2.05) is 36.4 Å². The lowest BCUT2D eigenvalue weighted by Gasteiger charge is -2.03. The summed E-state index contributed by atoms with van der Waals surface area (Å²) < 4.78 is 1.89. The summed E-state index contributed by atoms with van der Waals surface area (Å²) in [5.74, 6) is 0.681. The van der Waals surface area contributed by atoms with Crippen molar-refractivity contribution in [3.63, 3.8) is 0 Å². The molecule has 20 heavy (non-hydrogen) atoms. The van der Waals surface area contributed by atoms with Crippen molar-refractivity contribution >= 4 is 22.2 Å². The summed E-state index contributed by atoms with van der Waals surface area (Å²) in [5.41, 5.74) is 1.70. The van der Waals surface area contributed by atoms with Crippen molar-refractivity contribution in [3.05, 3.63) is 46.5 Å². The molecule has 102 valence electrons. The minimum absolute atomic E-state index is 0.108. The van der Waals surface area contributed by atoms with Gasteiger partial charge in [-0.05, 0) is 26.0 Å². The van der Waals surface area contributed by atoms with Gasteiger partial charge in [0.2, 0.25) is 4.96 Å². The van der Waals surface area contributed by atoms with Crippen molar-refractivity contribution in [1.29, 1.82) is 0 Å². The van der Waals surface area contributed by atoms with Gasteiger partial charge in [0, 0.05) is 11.9 Å². The highest BCUT2D eigenvalue weighted by molar-refractivity contribution is 7.19. The molecule has 0 bridgehead atoms. The highest BCUT2D eigenvalue weighted by Gasteiger charge is 2.18. The number of fused-ring (bicyclic) bond motifs is 1. The largest absolute Gasteiger partial charge is 0.346 e. The maximum Gasteiger partial charge on any atom is 0.263 e. The number of carbonyl (C=O) groups excluding carboxylic acids is 1. The summed E-state index contributed by atoms with van der Waals surface area (Å²) in [6, 6.07) is 5.62. The monoisotopic (exact) mass is 287 g/mol. The van der Waals surface area contributed by atoms with Gasteiger partial charge in [-0.25, -0.2) is 0 Å². The van der Waals surface area contributed by atoms with Crippen molar-refractivity contribution < 1.29 is 4.79 Å². The lowest BCUT2D eigenvalue weighted by Crippen LogP contribution is -2.23. The van der Waals surface area contributed by atoms with Crippen LogP contribution in [0.3, 0.4) is 0 Å². The summed E-state index contributed by atoms with van der Waals surface area (Å²) in [6.45, 7) is 4.18. The van der Waals surface area contributed by atoms with Crippen molar-refractivity contribution in [1.82, 2.24) is 24.9 Å². The summed E-state index contributed by atoms with van der Waals surface area (Å²) in [7, 11) is 0. The molecule has 0 aliphatic carbocycles. The number of hydrogen-bond donors (Lipinski definition) is 1. The zero-order valence-electron chi connectivity index (χ0n) is 11.1. The molecule has 0 saturated heterocycles. The average molecular weight is 287 g/mol. The molecule has 0 aliphatic heterocycles. The SMILES string of the molecule is Cc1nnc2sc(C(=O)NCc3ccccn3)c(C)n12. The molecule has 3 rings (SSSR count). The quantitative estimate of drug-likeness (QED) is 0.796. The van der Waals surface area contributed by atoms with Gasteiger partial charge in [-0.3, -0.25) is 14.2 Å². The van der Waals surface area contributed by atoms with E-state index < -0.39 is 0 Å². The van der Waals surface area contributed by atoms with Gasteiger partial charge in [0.05, 0.1) is 12.2 Å². The molecule has 0 unspecified atom stereocenters. The molecule has 3 aromatic heterocycles. The van der Waals surface area contributed by atoms with Crippen LogP contribution >= 0.6 is 11.3 Å². The number of hydrogen-bond acceptors (Lipinski definition) is 5. The van der Waals surface area contributed by atoms with Gasteiger partial charge >= 0.3 is 0 Å².